The van der Waals surface area contributed by atoms with Gasteiger partial charge in [0.25, 0.3) is 5.91 Å². The van der Waals surface area contributed by atoms with Crippen LogP contribution in [-0.2, 0) is 28.9 Å². The van der Waals surface area contributed by atoms with Gasteiger partial charge in [-0.2, -0.15) is 5.26 Å². The van der Waals surface area contributed by atoms with Crippen molar-refractivity contribution >= 4 is 27.9 Å². The number of benzene rings is 1. The predicted molar refractivity (Wildman–Crippen MR) is 115 cm³/mol. The van der Waals surface area contributed by atoms with Crippen molar-refractivity contribution in [1.29, 1.82) is 5.26 Å². The molecule has 2 N–H and O–H groups in total. The van der Waals surface area contributed by atoms with Gasteiger partial charge in [-0.15, -0.1) is 11.3 Å². The van der Waals surface area contributed by atoms with E-state index in [2.05, 4.69) is 40.6 Å². The minimum Gasteiger partial charge on any atom is -0.378 e. The Balaban J connectivity index is 1.39. The lowest BCUT2D eigenvalue weighted by molar-refractivity contribution is -0.885. The molecule has 2 heterocycles. The van der Waals surface area contributed by atoms with E-state index in [1.165, 1.54) is 16.1 Å². The number of ether oxygens (including phenoxy) is 1. The number of hydrogen-bond acceptors (Lipinski definition) is 5. The van der Waals surface area contributed by atoms with Gasteiger partial charge >= 0.3 is 0 Å². The van der Waals surface area contributed by atoms with Gasteiger partial charge in [0.15, 0.2) is 6.54 Å². The van der Waals surface area contributed by atoms with Crippen LogP contribution in [0.15, 0.2) is 24.3 Å². The smallest absolute Gasteiger partial charge is 0.280 e. The first kappa shape index (κ1) is 19.9. The number of anilines is 2. The Bertz CT molecular complexity index is 927. The summed E-state index contributed by atoms with van der Waals surface area (Å²) in [6, 6.07) is 10.7. The Morgan fingerprint density at radius 2 is 2.10 bits per heavy atom. The van der Waals surface area contributed by atoms with Crippen LogP contribution in [0.25, 0.3) is 0 Å². The third kappa shape index (κ3) is 4.45. The first-order valence-electron chi connectivity index (χ1n) is 10.2. The molecule has 2 aromatic rings. The first-order chi connectivity index (χ1) is 14.2. The second kappa shape index (κ2) is 8.95. The summed E-state index contributed by atoms with van der Waals surface area (Å²) in [6.45, 7) is 4.45. The molecule has 1 unspecified atom stereocenters. The van der Waals surface area contributed by atoms with Crippen molar-refractivity contribution in [3.63, 3.8) is 0 Å². The third-order valence-electron chi connectivity index (χ3n) is 5.58. The lowest BCUT2D eigenvalue weighted by Crippen LogP contribution is -3.08. The van der Waals surface area contributed by atoms with Gasteiger partial charge in [-0.05, 0) is 30.9 Å². The standard InChI is InChI=1S/C22H26N4O2S/c1-25(14-16-5-2-3-7-19(16)26-9-11-28-12-10-26)15-21(27)24-22-18(13-23)17-6-4-8-20(17)29-22/h2-3,5,7H,4,6,8-12,14-15H2,1H3,(H,24,27)/p+1. The number of para-hydroxylation sites is 1. The van der Waals surface area contributed by atoms with Gasteiger partial charge < -0.3 is 19.9 Å². The van der Waals surface area contributed by atoms with E-state index in [9.17, 15) is 10.1 Å². The molecule has 152 valence electrons. The summed E-state index contributed by atoms with van der Waals surface area (Å²) in [5, 5.41) is 13.2. The quantitative estimate of drug-likeness (QED) is 0.758. The lowest BCUT2D eigenvalue weighted by Gasteiger charge is -2.30. The molecule has 1 aliphatic heterocycles. The van der Waals surface area contributed by atoms with Crippen molar-refractivity contribution in [2.24, 2.45) is 0 Å². The largest absolute Gasteiger partial charge is 0.378 e. The average Bonchev–Trinajstić information content (AvgIpc) is 3.29. The summed E-state index contributed by atoms with van der Waals surface area (Å²) < 4.78 is 5.47. The number of hydrogen-bond donors (Lipinski definition) is 2. The number of nitrogens with zero attached hydrogens (tertiary/aromatic N) is 2. The molecule has 2 aliphatic rings. The van der Waals surface area contributed by atoms with Gasteiger partial charge in [-0.3, -0.25) is 4.79 Å². The Kier molecular flexibility index (Phi) is 6.14. The second-order valence-electron chi connectivity index (χ2n) is 7.76. The van der Waals surface area contributed by atoms with Crippen LogP contribution < -0.4 is 15.1 Å². The number of likely N-dealkylation sites (N-methyl/N-ethyl adjacent to an activating group) is 1. The third-order valence-corrected chi connectivity index (χ3v) is 6.79. The zero-order valence-corrected chi connectivity index (χ0v) is 17.6. The van der Waals surface area contributed by atoms with Crippen LogP contribution >= 0.6 is 11.3 Å². The number of fused-ring (bicyclic) bond motifs is 1. The van der Waals surface area contributed by atoms with Crippen LogP contribution in [-0.4, -0.2) is 45.8 Å². The van der Waals surface area contributed by atoms with Crippen LogP contribution in [0, 0.1) is 11.3 Å². The second-order valence-corrected chi connectivity index (χ2v) is 8.87. The molecule has 6 nitrogen and oxygen atoms in total. The van der Waals surface area contributed by atoms with Crippen molar-refractivity contribution < 1.29 is 14.4 Å². The highest BCUT2D eigenvalue weighted by Crippen LogP contribution is 2.38. The Morgan fingerprint density at radius 1 is 1.31 bits per heavy atom. The van der Waals surface area contributed by atoms with Gasteiger partial charge in [-0.1, -0.05) is 18.2 Å². The van der Waals surface area contributed by atoms with Crippen molar-refractivity contribution in [1.82, 2.24) is 0 Å². The minimum absolute atomic E-state index is 0.0391. The number of nitrogens with one attached hydrogen (secondary N) is 2. The fourth-order valence-corrected chi connectivity index (χ4v) is 5.47. The maximum Gasteiger partial charge on any atom is 0.280 e. The number of amides is 1. The van der Waals surface area contributed by atoms with Crippen LogP contribution in [0.1, 0.15) is 28.0 Å². The average molecular weight is 412 g/mol. The van der Waals surface area contributed by atoms with Crippen molar-refractivity contribution in [3.8, 4) is 6.07 Å². The number of carbonyl (C=O) groups excluding carboxylic acids is 1. The van der Waals surface area contributed by atoms with E-state index in [0.717, 1.165) is 67.6 Å². The van der Waals surface area contributed by atoms with E-state index in [1.54, 1.807) is 11.3 Å². The summed E-state index contributed by atoms with van der Waals surface area (Å²) in [5.41, 5.74) is 4.30. The fourth-order valence-electron chi connectivity index (χ4n) is 4.22. The van der Waals surface area contributed by atoms with E-state index in [1.807, 2.05) is 7.05 Å². The molecule has 29 heavy (non-hydrogen) atoms. The molecule has 1 saturated heterocycles. The minimum atomic E-state index is -0.0391. The molecule has 7 heteroatoms. The molecule has 0 radical (unpaired) electrons. The lowest BCUT2D eigenvalue weighted by atomic mass is 10.1. The molecule has 1 amide bonds. The fraction of sp³-hybridized carbons (Fsp3) is 0.455. The normalized spacial score (nSPS) is 16.9. The van der Waals surface area contributed by atoms with Gasteiger partial charge in [0.2, 0.25) is 0 Å². The Labute approximate surface area is 175 Å². The molecule has 1 atom stereocenters. The number of morpholine rings is 1. The summed E-state index contributed by atoms with van der Waals surface area (Å²) in [7, 11) is 2.04. The van der Waals surface area contributed by atoms with Gasteiger partial charge in [-0.25, -0.2) is 0 Å². The van der Waals surface area contributed by atoms with Crippen molar-refractivity contribution in [2.75, 3.05) is 50.1 Å². The number of rotatable bonds is 6. The maximum atomic E-state index is 12.6. The van der Waals surface area contributed by atoms with E-state index < -0.39 is 0 Å². The molecule has 1 aromatic carbocycles. The van der Waals surface area contributed by atoms with Crippen molar-refractivity contribution in [2.45, 2.75) is 25.8 Å². The zero-order valence-electron chi connectivity index (χ0n) is 16.8. The molecule has 0 spiro atoms. The summed E-state index contributed by atoms with van der Waals surface area (Å²) in [4.78, 5) is 17.4. The summed E-state index contributed by atoms with van der Waals surface area (Å²) >= 11 is 1.57. The Morgan fingerprint density at radius 3 is 2.90 bits per heavy atom. The number of quaternary nitrogens is 1. The number of carbonyl (C=O) groups is 1. The topological polar surface area (TPSA) is 69.8 Å². The van der Waals surface area contributed by atoms with Crippen LogP contribution in [0.5, 0.6) is 0 Å². The SMILES string of the molecule is C[NH+](CC(=O)Nc1sc2c(c1C#N)CCC2)Cc1ccccc1N1CCOCC1. The van der Waals surface area contributed by atoms with Gasteiger partial charge in [0, 0.05) is 29.2 Å². The van der Waals surface area contributed by atoms with Crippen LogP contribution in [0.4, 0.5) is 10.7 Å². The van der Waals surface area contributed by atoms with Crippen LogP contribution in [0.3, 0.4) is 0 Å². The molecular weight excluding hydrogens is 384 g/mol. The molecular formula is C22H27N4O2S+. The van der Waals surface area contributed by atoms with Crippen molar-refractivity contribution in [3.05, 3.63) is 45.8 Å². The maximum absolute atomic E-state index is 12.6. The number of thiophene rings is 1. The van der Waals surface area contributed by atoms with E-state index in [4.69, 9.17) is 4.74 Å². The molecule has 4 rings (SSSR count). The molecule has 1 fully saturated rings. The van der Waals surface area contributed by atoms with E-state index in [-0.39, 0.29) is 5.91 Å². The zero-order chi connectivity index (χ0) is 20.2. The monoisotopic (exact) mass is 411 g/mol. The highest BCUT2D eigenvalue weighted by molar-refractivity contribution is 7.16. The van der Waals surface area contributed by atoms with Gasteiger partial charge in [0.05, 0.1) is 25.8 Å². The number of aryl methyl sites for hydroxylation is 1. The molecule has 1 aromatic heterocycles. The molecule has 1 aliphatic carbocycles. The predicted octanol–water partition coefficient (Wildman–Crippen LogP) is 1.60. The molecule has 0 bridgehead atoms. The molecule has 0 saturated carbocycles. The highest BCUT2D eigenvalue weighted by atomic mass is 32.1. The van der Waals surface area contributed by atoms with E-state index in [0.29, 0.717) is 12.1 Å². The van der Waals surface area contributed by atoms with Gasteiger partial charge in [0.1, 0.15) is 17.6 Å². The number of nitriles is 1. The van der Waals surface area contributed by atoms with Crippen LogP contribution in [0.2, 0.25) is 0 Å². The van der Waals surface area contributed by atoms with E-state index >= 15 is 0 Å². The highest BCUT2D eigenvalue weighted by Gasteiger charge is 2.24. The first-order valence-corrected chi connectivity index (χ1v) is 11.0. The Hall–Kier alpha value is -2.40. The summed E-state index contributed by atoms with van der Waals surface area (Å²) in [5.74, 6) is -0.0391. The summed E-state index contributed by atoms with van der Waals surface area (Å²) in [6.07, 6.45) is 3.08.